The minimum atomic E-state index is -4.76. The summed E-state index contributed by atoms with van der Waals surface area (Å²) in [5, 5.41) is 9.43. The number of carbonyl (C=O) groups excluding carboxylic acids is 2. The number of phosphoric acid groups is 1. The molecule has 0 aliphatic heterocycles. The quantitative estimate of drug-likeness (QED) is 0.0239. The molecule has 0 aromatic rings. The Kier molecular flexibility index (Phi) is 28.8. The third-order valence-corrected chi connectivity index (χ3v) is 7.19. The zero-order chi connectivity index (χ0) is 33.4. The maximum absolute atomic E-state index is 12.2. The third-order valence-electron chi connectivity index (χ3n) is 6.71. The van der Waals surface area contributed by atoms with Gasteiger partial charge in [-0.05, 0) is 44.9 Å². The second-order valence-corrected chi connectivity index (χ2v) is 12.2. The van der Waals surface area contributed by atoms with Gasteiger partial charge in [0.2, 0.25) is 0 Å². The van der Waals surface area contributed by atoms with E-state index in [-0.39, 0.29) is 25.6 Å². The Balaban J connectivity index is 4.14. The van der Waals surface area contributed by atoms with Gasteiger partial charge in [-0.1, -0.05) is 126 Å². The lowest BCUT2D eigenvalue weighted by Crippen LogP contribution is -2.29. The van der Waals surface area contributed by atoms with Crippen LogP contribution in [0.4, 0.5) is 0 Å². The molecule has 0 aliphatic rings. The minimum Gasteiger partial charge on any atom is -0.462 e. The van der Waals surface area contributed by atoms with Crippen molar-refractivity contribution in [3.05, 3.63) is 60.8 Å². The van der Waals surface area contributed by atoms with E-state index in [1.807, 2.05) is 37.3 Å². The van der Waals surface area contributed by atoms with Crippen LogP contribution in [0.2, 0.25) is 0 Å². The van der Waals surface area contributed by atoms with Crippen LogP contribution in [0.5, 0.6) is 0 Å². The molecular weight excluding hydrogens is 595 g/mol. The third kappa shape index (κ3) is 32.9. The normalized spacial score (nSPS) is 14.0. The van der Waals surface area contributed by atoms with Crippen LogP contribution in [0.3, 0.4) is 0 Å². The Morgan fingerprint density at radius 1 is 0.689 bits per heavy atom. The Morgan fingerprint density at radius 3 is 1.84 bits per heavy atom. The molecule has 0 aromatic carbocycles. The number of rotatable bonds is 29. The highest BCUT2D eigenvalue weighted by molar-refractivity contribution is 7.46. The molecule has 0 saturated carbocycles. The molecule has 3 N–H and O–H groups in total. The summed E-state index contributed by atoms with van der Waals surface area (Å²) in [6.07, 6.45) is 33.4. The van der Waals surface area contributed by atoms with E-state index in [1.54, 1.807) is 6.08 Å². The van der Waals surface area contributed by atoms with Crippen LogP contribution in [-0.2, 0) is 28.2 Å². The molecular formula is C35H59O9P. The zero-order valence-corrected chi connectivity index (χ0v) is 28.5. The van der Waals surface area contributed by atoms with Crippen LogP contribution < -0.4 is 0 Å². The van der Waals surface area contributed by atoms with Crippen molar-refractivity contribution in [2.24, 2.45) is 0 Å². The summed E-state index contributed by atoms with van der Waals surface area (Å²) >= 11 is 0. The molecule has 258 valence electrons. The van der Waals surface area contributed by atoms with Gasteiger partial charge in [0.05, 0.1) is 12.7 Å². The molecule has 9 nitrogen and oxygen atoms in total. The van der Waals surface area contributed by atoms with Gasteiger partial charge in [0, 0.05) is 12.8 Å². The SMILES string of the molecule is CCCCCCCCCCCC(=O)O[C@H](COC(=O)CCC/C=C\C/C=C\C/C=C\C/C=C\C=C\[C@@H](O)CC)COP(=O)(O)O. The van der Waals surface area contributed by atoms with Crippen molar-refractivity contribution in [2.75, 3.05) is 13.2 Å². The molecule has 0 saturated heterocycles. The molecule has 0 amide bonds. The molecule has 10 heteroatoms. The van der Waals surface area contributed by atoms with E-state index >= 15 is 0 Å². The maximum Gasteiger partial charge on any atom is 0.469 e. The van der Waals surface area contributed by atoms with Gasteiger partial charge >= 0.3 is 19.8 Å². The summed E-state index contributed by atoms with van der Waals surface area (Å²) in [4.78, 5) is 42.4. The lowest BCUT2D eigenvalue weighted by atomic mass is 10.1. The fraction of sp³-hybridized carbons (Fsp3) is 0.657. The second kappa shape index (κ2) is 30.4. The number of carbonyl (C=O) groups is 2. The van der Waals surface area contributed by atoms with E-state index in [0.29, 0.717) is 25.7 Å². The van der Waals surface area contributed by atoms with Crippen LogP contribution in [0.15, 0.2) is 60.8 Å². The lowest BCUT2D eigenvalue weighted by molar-refractivity contribution is -0.161. The van der Waals surface area contributed by atoms with Crippen molar-refractivity contribution >= 4 is 19.8 Å². The predicted octanol–water partition coefficient (Wildman–Crippen LogP) is 8.36. The maximum atomic E-state index is 12.2. The van der Waals surface area contributed by atoms with Gasteiger partial charge in [0.25, 0.3) is 0 Å². The van der Waals surface area contributed by atoms with Crippen molar-refractivity contribution in [1.82, 2.24) is 0 Å². The van der Waals surface area contributed by atoms with Gasteiger partial charge in [-0.3, -0.25) is 14.1 Å². The molecule has 0 aromatic heterocycles. The van der Waals surface area contributed by atoms with E-state index in [0.717, 1.165) is 38.5 Å². The van der Waals surface area contributed by atoms with Crippen molar-refractivity contribution < 1.29 is 43.0 Å². The lowest BCUT2D eigenvalue weighted by Gasteiger charge is -2.18. The number of aliphatic hydroxyl groups is 1. The highest BCUT2D eigenvalue weighted by atomic mass is 31.2. The van der Waals surface area contributed by atoms with E-state index < -0.39 is 32.5 Å². The highest BCUT2D eigenvalue weighted by Gasteiger charge is 2.22. The number of ether oxygens (including phenoxy) is 2. The predicted molar refractivity (Wildman–Crippen MR) is 180 cm³/mol. The van der Waals surface area contributed by atoms with Crippen molar-refractivity contribution in [3.63, 3.8) is 0 Å². The van der Waals surface area contributed by atoms with Gasteiger partial charge in [-0.25, -0.2) is 4.57 Å². The molecule has 0 spiro atoms. The Morgan fingerprint density at radius 2 is 1.24 bits per heavy atom. The fourth-order valence-electron chi connectivity index (χ4n) is 4.06. The van der Waals surface area contributed by atoms with Crippen LogP contribution in [-0.4, -0.2) is 52.3 Å². The average Bonchev–Trinajstić information content (AvgIpc) is 3.00. The minimum absolute atomic E-state index is 0.173. The number of hydrogen-bond acceptors (Lipinski definition) is 7. The fourth-order valence-corrected chi connectivity index (χ4v) is 4.42. The van der Waals surface area contributed by atoms with E-state index in [9.17, 15) is 19.3 Å². The number of hydrogen-bond donors (Lipinski definition) is 3. The molecule has 0 radical (unpaired) electrons. The monoisotopic (exact) mass is 654 g/mol. The number of aliphatic hydroxyl groups excluding tert-OH is 1. The van der Waals surface area contributed by atoms with Gasteiger partial charge in [0.15, 0.2) is 6.10 Å². The van der Waals surface area contributed by atoms with Crippen LogP contribution in [0.1, 0.15) is 123 Å². The van der Waals surface area contributed by atoms with Gasteiger partial charge in [0.1, 0.15) is 6.61 Å². The largest absolute Gasteiger partial charge is 0.469 e. The van der Waals surface area contributed by atoms with Crippen LogP contribution in [0.25, 0.3) is 0 Å². The van der Waals surface area contributed by atoms with Crippen LogP contribution in [0, 0.1) is 0 Å². The topological polar surface area (TPSA) is 140 Å². The van der Waals surface area contributed by atoms with E-state index in [2.05, 4.69) is 35.8 Å². The van der Waals surface area contributed by atoms with Crippen LogP contribution >= 0.6 is 7.82 Å². The molecule has 0 fully saturated rings. The molecule has 0 unspecified atom stereocenters. The van der Waals surface area contributed by atoms with E-state index in [1.165, 1.54) is 32.1 Å². The van der Waals surface area contributed by atoms with Gasteiger partial charge < -0.3 is 24.4 Å². The number of allylic oxidation sites excluding steroid dienone is 9. The van der Waals surface area contributed by atoms with Gasteiger partial charge in [-0.15, -0.1) is 0 Å². The highest BCUT2D eigenvalue weighted by Crippen LogP contribution is 2.35. The molecule has 0 aliphatic carbocycles. The zero-order valence-electron chi connectivity index (χ0n) is 27.6. The summed E-state index contributed by atoms with van der Waals surface area (Å²) in [5.41, 5.74) is 0. The standard InChI is InChI=1S/C35H59O9P/c1-3-5-6-7-8-15-20-23-26-29-35(38)44-33(31-43-45(39,40)41)30-42-34(37)28-25-22-19-17-14-12-10-9-11-13-16-18-21-24-27-32(36)4-2/h10-13,17-19,21,24,27,32-33,36H,3-9,14-16,20,22-23,25-26,28-31H2,1-2H3,(H2,39,40,41)/b12-10-,13-11-,19-17-,21-18-,27-24+/t32-,33+/m0/s1. The summed E-state index contributed by atoms with van der Waals surface area (Å²) in [7, 11) is -4.76. The molecule has 45 heavy (non-hydrogen) atoms. The molecule has 2 atom stereocenters. The molecule has 0 bridgehead atoms. The average molecular weight is 655 g/mol. The summed E-state index contributed by atoms with van der Waals surface area (Å²) in [6.45, 7) is 3.24. The first-order valence-electron chi connectivity index (χ1n) is 16.7. The smallest absolute Gasteiger partial charge is 0.462 e. The van der Waals surface area contributed by atoms with Gasteiger partial charge in [-0.2, -0.15) is 0 Å². The number of phosphoric ester groups is 1. The van der Waals surface area contributed by atoms with Crippen molar-refractivity contribution in [1.29, 1.82) is 0 Å². The first-order valence-corrected chi connectivity index (χ1v) is 18.2. The Hall–Kier alpha value is -2.29. The van der Waals surface area contributed by atoms with Crippen molar-refractivity contribution in [3.8, 4) is 0 Å². The number of esters is 2. The first kappa shape index (κ1) is 42.7. The molecule has 0 rings (SSSR count). The first-order chi connectivity index (χ1) is 21.7. The summed E-state index contributed by atoms with van der Waals surface area (Å²) < 4.78 is 26.1. The second-order valence-electron chi connectivity index (χ2n) is 11.0. The Bertz CT molecular complexity index is 933. The summed E-state index contributed by atoms with van der Waals surface area (Å²) in [6, 6.07) is 0. The number of unbranched alkanes of at least 4 members (excludes halogenated alkanes) is 9. The van der Waals surface area contributed by atoms with E-state index in [4.69, 9.17) is 19.3 Å². The summed E-state index contributed by atoms with van der Waals surface area (Å²) in [5.74, 6) is -0.982. The molecule has 0 heterocycles. The van der Waals surface area contributed by atoms with Crippen molar-refractivity contribution in [2.45, 2.75) is 135 Å². The Labute approximate surface area is 271 Å².